The molecule has 0 bridgehead atoms. The number of rotatable bonds is 15. The van der Waals surface area contributed by atoms with E-state index in [1.54, 1.807) is 7.11 Å². The third-order valence-electron chi connectivity index (χ3n) is 6.11. The zero-order valence-electron chi connectivity index (χ0n) is 20.5. The number of methoxy groups -OCH3 is 1. The molecule has 0 radical (unpaired) electrons. The Hall–Kier alpha value is -1.46. The van der Waals surface area contributed by atoms with E-state index in [-0.39, 0.29) is 0 Å². The third-order valence-corrected chi connectivity index (χ3v) is 18.8. The van der Waals surface area contributed by atoms with Gasteiger partial charge in [0.25, 0.3) is 0 Å². The van der Waals surface area contributed by atoms with Gasteiger partial charge in [-0.1, -0.05) is 0 Å². The summed E-state index contributed by atoms with van der Waals surface area (Å²) in [5, 5.41) is 11.0. The summed E-state index contributed by atoms with van der Waals surface area (Å²) >= 11 is -2.93. The summed E-state index contributed by atoms with van der Waals surface area (Å²) in [6.07, 6.45) is 8.55. The van der Waals surface area contributed by atoms with Crippen LogP contribution in [-0.4, -0.2) is 31.0 Å². The first-order valence-electron chi connectivity index (χ1n) is 12.4. The summed E-state index contributed by atoms with van der Waals surface area (Å²) < 4.78 is 16.3. The molecule has 1 N–H and O–H groups in total. The van der Waals surface area contributed by atoms with Crippen LogP contribution in [0, 0.1) is 0 Å². The molecule has 0 heterocycles. The molecule has 0 aliphatic heterocycles. The normalized spacial score (nSPS) is 13.1. The van der Waals surface area contributed by atoms with E-state index in [4.69, 9.17) is 7.81 Å². The van der Waals surface area contributed by atoms with Crippen molar-refractivity contribution >= 4 is 24.6 Å². The number of hydrogen-bond acceptors (Lipinski definition) is 3. The van der Waals surface area contributed by atoms with Crippen molar-refractivity contribution in [1.82, 2.24) is 0 Å². The van der Waals surface area contributed by atoms with Gasteiger partial charge in [-0.05, 0) is 0 Å². The Balaban J connectivity index is 2.46. The van der Waals surface area contributed by atoms with Crippen LogP contribution in [0.1, 0.15) is 76.5 Å². The minimum absolute atomic E-state index is 0.694. The van der Waals surface area contributed by atoms with Crippen LogP contribution in [0.15, 0.2) is 60.7 Å². The van der Waals surface area contributed by atoms with Gasteiger partial charge in [0.15, 0.2) is 0 Å². The maximum atomic E-state index is 11.0. The summed E-state index contributed by atoms with van der Waals surface area (Å²) in [5.41, 5.74) is 1.91. The summed E-state index contributed by atoms with van der Waals surface area (Å²) in [5.74, 6) is 1.68. The molecule has 4 heteroatoms. The summed E-state index contributed by atoms with van der Waals surface area (Å²) in [6.45, 7) is 6.82. The first kappa shape index (κ1) is 26.8. The molecule has 1 unspecified atom stereocenters. The second-order valence-electron chi connectivity index (χ2n) is 8.71. The predicted octanol–water partition coefficient (Wildman–Crippen LogP) is 8.13. The SMILES string of the molecule is CCC[CH2][Sn]([CH2]CCC)([CH2]CCC)[O]/C(=C\C(O)c1ccccc1)c1ccc(OC)cc1. The van der Waals surface area contributed by atoms with Crippen LogP contribution in [0.4, 0.5) is 0 Å². The number of unbranched alkanes of at least 4 members (excludes halogenated alkanes) is 3. The van der Waals surface area contributed by atoms with Crippen molar-refractivity contribution in [1.29, 1.82) is 0 Å². The summed E-state index contributed by atoms with van der Waals surface area (Å²) in [4.78, 5) is 0. The van der Waals surface area contributed by atoms with E-state index in [1.807, 2.05) is 48.5 Å². The van der Waals surface area contributed by atoms with Crippen LogP contribution in [0.5, 0.6) is 5.75 Å². The molecular weight excluding hydrogens is 503 g/mol. The van der Waals surface area contributed by atoms with Crippen LogP contribution in [0.3, 0.4) is 0 Å². The second kappa shape index (κ2) is 14.6. The Morgan fingerprint density at radius 1 is 0.844 bits per heavy atom. The predicted molar refractivity (Wildman–Crippen MR) is 138 cm³/mol. The molecule has 2 rings (SSSR count). The Labute approximate surface area is 200 Å². The quantitative estimate of drug-likeness (QED) is 0.182. The minimum atomic E-state index is -2.93. The molecule has 0 saturated carbocycles. The number of aliphatic hydroxyl groups excluding tert-OH is 1. The Kier molecular flexibility index (Phi) is 12.3. The van der Waals surface area contributed by atoms with Gasteiger partial charge in [0.2, 0.25) is 0 Å². The third kappa shape index (κ3) is 8.47. The Bertz CT molecular complexity index is 764. The first-order chi connectivity index (χ1) is 15.6. The summed E-state index contributed by atoms with van der Waals surface area (Å²) in [6, 6.07) is 17.9. The number of hydrogen-bond donors (Lipinski definition) is 1. The molecule has 0 aliphatic carbocycles. The zero-order chi connectivity index (χ0) is 23.2. The van der Waals surface area contributed by atoms with E-state index in [0.29, 0.717) is 0 Å². The van der Waals surface area contributed by atoms with Crippen molar-refractivity contribution in [2.45, 2.75) is 78.7 Å². The van der Waals surface area contributed by atoms with Gasteiger partial charge in [0.05, 0.1) is 0 Å². The number of benzene rings is 2. The zero-order valence-corrected chi connectivity index (χ0v) is 23.3. The van der Waals surface area contributed by atoms with E-state index >= 15 is 0 Å². The first-order valence-corrected chi connectivity index (χ1v) is 19.6. The van der Waals surface area contributed by atoms with E-state index < -0.39 is 24.9 Å². The van der Waals surface area contributed by atoms with Crippen LogP contribution in [-0.2, 0) is 3.07 Å². The van der Waals surface area contributed by atoms with Gasteiger partial charge in [0, 0.05) is 0 Å². The molecule has 0 saturated heterocycles. The maximum absolute atomic E-state index is 11.0. The Morgan fingerprint density at radius 2 is 1.38 bits per heavy atom. The molecule has 0 amide bonds. The average molecular weight is 545 g/mol. The topological polar surface area (TPSA) is 38.7 Å². The van der Waals surface area contributed by atoms with Crippen LogP contribution < -0.4 is 4.74 Å². The fraction of sp³-hybridized carbons (Fsp3) is 0.500. The number of ether oxygens (including phenoxy) is 1. The molecule has 0 fully saturated rings. The van der Waals surface area contributed by atoms with Gasteiger partial charge < -0.3 is 0 Å². The molecule has 1 atom stereocenters. The molecule has 2 aromatic rings. The van der Waals surface area contributed by atoms with Crippen molar-refractivity contribution < 1.29 is 12.9 Å². The van der Waals surface area contributed by atoms with E-state index in [9.17, 15) is 5.11 Å². The Morgan fingerprint density at radius 3 is 1.84 bits per heavy atom. The van der Waals surface area contributed by atoms with Gasteiger partial charge >= 0.3 is 201 Å². The van der Waals surface area contributed by atoms with Crippen molar-refractivity contribution in [2.75, 3.05) is 7.11 Å². The molecular formula is C28H42O3Sn. The van der Waals surface area contributed by atoms with Crippen LogP contribution in [0.2, 0.25) is 13.3 Å². The molecule has 0 spiro atoms. The van der Waals surface area contributed by atoms with E-state index in [2.05, 4.69) is 32.9 Å². The fourth-order valence-electron chi connectivity index (χ4n) is 4.09. The number of aliphatic hydroxyl groups is 1. The van der Waals surface area contributed by atoms with Crippen molar-refractivity contribution in [3.8, 4) is 5.75 Å². The van der Waals surface area contributed by atoms with E-state index in [0.717, 1.165) is 22.6 Å². The molecule has 2 aromatic carbocycles. The average Bonchev–Trinajstić information content (AvgIpc) is 2.85. The molecule has 3 nitrogen and oxygen atoms in total. The fourth-order valence-corrected chi connectivity index (χ4v) is 17.5. The molecule has 176 valence electrons. The van der Waals surface area contributed by atoms with Crippen molar-refractivity contribution in [3.05, 3.63) is 71.8 Å². The second-order valence-corrected chi connectivity index (χ2v) is 20.3. The van der Waals surface area contributed by atoms with Crippen molar-refractivity contribution in [2.24, 2.45) is 0 Å². The summed E-state index contributed by atoms with van der Waals surface area (Å²) in [7, 11) is 1.68. The standard InChI is InChI=1S/C16H16O3.3C4H9.Sn/c1-19-14-9-7-13(8-10-14)16(18)11-15(17)12-5-3-2-4-6-12;3*1-3-4-2;/h2-11,15,17-18H,1H3;3*1,3-4H2,2H3;/q;;;;+1/p-1/b16-11-;;;;. The van der Waals surface area contributed by atoms with Gasteiger partial charge in [-0.3, -0.25) is 0 Å². The van der Waals surface area contributed by atoms with Gasteiger partial charge in [0.1, 0.15) is 0 Å². The van der Waals surface area contributed by atoms with Gasteiger partial charge in [-0.2, -0.15) is 0 Å². The van der Waals surface area contributed by atoms with Gasteiger partial charge in [-0.25, -0.2) is 0 Å². The van der Waals surface area contributed by atoms with Crippen LogP contribution in [0.25, 0.3) is 5.76 Å². The van der Waals surface area contributed by atoms with Gasteiger partial charge in [-0.15, -0.1) is 0 Å². The molecule has 0 aliphatic rings. The van der Waals surface area contributed by atoms with Crippen LogP contribution >= 0.6 is 0 Å². The monoisotopic (exact) mass is 546 g/mol. The van der Waals surface area contributed by atoms with Crippen molar-refractivity contribution in [3.63, 3.8) is 0 Å². The van der Waals surface area contributed by atoms with E-state index in [1.165, 1.54) is 51.8 Å². The molecule has 0 aromatic heterocycles. The molecule has 32 heavy (non-hydrogen) atoms.